The fourth-order valence-corrected chi connectivity index (χ4v) is 3.68. The van der Waals surface area contributed by atoms with Gasteiger partial charge in [-0.2, -0.15) is 0 Å². The first kappa shape index (κ1) is 18.3. The molecule has 1 saturated heterocycles. The summed E-state index contributed by atoms with van der Waals surface area (Å²) in [5.74, 6) is 0.730. The van der Waals surface area contributed by atoms with E-state index in [1.54, 1.807) is 16.7 Å². The van der Waals surface area contributed by atoms with Crippen LogP contribution in [-0.4, -0.2) is 30.8 Å². The van der Waals surface area contributed by atoms with E-state index in [1.807, 2.05) is 24.3 Å². The summed E-state index contributed by atoms with van der Waals surface area (Å²) in [5, 5.41) is 5.68. The summed E-state index contributed by atoms with van der Waals surface area (Å²) in [7, 11) is 0. The minimum atomic E-state index is -0.0786. The predicted octanol–water partition coefficient (Wildman–Crippen LogP) is 3.95. The van der Waals surface area contributed by atoms with Crippen LogP contribution in [0.25, 0.3) is 0 Å². The summed E-state index contributed by atoms with van der Waals surface area (Å²) in [4.78, 5) is 26.6. The third-order valence-corrected chi connectivity index (χ3v) is 5.39. The highest BCUT2D eigenvalue weighted by molar-refractivity contribution is 7.99. The van der Waals surface area contributed by atoms with Gasteiger partial charge in [-0.15, -0.1) is 11.8 Å². The fourth-order valence-electron chi connectivity index (χ4n) is 2.73. The van der Waals surface area contributed by atoms with Crippen LogP contribution < -0.4 is 15.5 Å². The average Bonchev–Trinajstić information content (AvgIpc) is 3.05. The molecule has 6 heteroatoms. The van der Waals surface area contributed by atoms with Crippen LogP contribution >= 0.6 is 11.8 Å². The van der Waals surface area contributed by atoms with E-state index >= 15 is 0 Å². The van der Waals surface area contributed by atoms with Gasteiger partial charge in [-0.05, 0) is 61.4 Å². The molecule has 0 aliphatic carbocycles. The molecule has 136 valence electrons. The molecule has 1 fully saturated rings. The van der Waals surface area contributed by atoms with Crippen LogP contribution in [0.3, 0.4) is 0 Å². The van der Waals surface area contributed by atoms with Crippen LogP contribution in [0.5, 0.6) is 0 Å². The Morgan fingerprint density at radius 1 is 1.15 bits per heavy atom. The highest BCUT2D eigenvalue weighted by Crippen LogP contribution is 2.22. The first-order valence-corrected chi connectivity index (χ1v) is 9.67. The highest BCUT2D eigenvalue weighted by atomic mass is 32.2. The summed E-state index contributed by atoms with van der Waals surface area (Å²) < 4.78 is 0. The maximum Gasteiger partial charge on any atom is 0.321 e. The molecule has 2 N–H and O–H groups in total. The number of carbonyl (C=O) groups is 2. The molecule has 1 aliphatic heterocycles. The van der Waals surface area contributed by atoms with Crippen molar-refractivity contribution in [2.45, 2.75) is 25.2 Å². The zero-order chi connectivity index (χ0) is 18.5. The van der Waals surface area contributed by atoms with E-state index in [0.29, 0.717) is 19.5 Å². The van der Waals surface area contributed by atoms with Gasteiger partial charge in [0.05, 0.1) is 0 Å². The van der Waals surface area contributed by atoms with Crippen molar-refractivity contribution in [3.05, 3.63) is 53.6 Å². The maximum atomic E-state index is 12.1. The highest BCUT2D eigenvalue weighted by Gasteiger charge is 2.20. The number of carbonyl (C=O) groups excluding carboxylic acids is 2. The zero-order valence-corrected chi connectivity index (χ0v) is 15.9. The number of rotatable bonds is 6. The van der Waals surface area contributed by atoms with Gasteiger partial charge in [-0.25, -0.2) is 4.79 Å². The Labute approximate surface area is 158 Å². The number of aryl methyl sites for hydroxylation is 2. The van der Waals surface area contributed by atoms with E-state index in [4.69, 9.17) is 0 Å². The van der Waals surface area contributed by atoms with Crippen LogP contribution in [0, 0.1) is 13.8 Å². The molecule has 1 heterocycles. The van der Waals surface area contributed by atoms with Crippen LogP contribution in [0.4, 0.5) is 16.2 Å². The lowest BCUT2D eigenvalue weighted by molar-refractivity contribution is -0.115. The second-order valence-corrected chi connectivity index (χ2v) is 7.49. The molecule has 3 amide bonds. The Kier molecular flexibility index (Phi) is 5.83. The van der Waals surface area contributed by atoms with Crippen LogP contribution in [-0.2, 0) is 4.79 Å². The smallest absolute Gasteiger partial charge is 0.321 e. The summed E-state index contributed by atoms with van der Waals surface area (Å²) in [5.41, 5.74) is 4.13. The fraction of sp³-hybridized carbons (Fsp3) is 0.300. The Morgan fingerprint density at radius 3 is 2.58 bits per heavy atom. The van der Waals surface area contributed by atoms with E-state index in [-0.39, 0.29) is 11.9 Å². The van der Waals surface area contributed by atoms with Crippen molar-refractivity contribution in [3.8, 4) is 0 Å². The summed E-state index contributed by atoms with van der Waals surface area (Å²) in [6, 6.07) is 13.6. The molecule has 2 aromatic carbocycles. The molecule has 0 atom stereocenters. The number of benzene rings is 2. The number of hydrogen-bond acceptors (Lipinski definition) is 3. The molecule has 0 bridgehead atoms. The first-order valence-electron chi connectivity index (χ1n) is 8.68. The topological polar surface area (TPSA) is 61.4 Å². The summed E-state index contributed by atoms with van der Waals surface area (Å²) in [6.45, 7) is 5.52. The molecule has 5 nitrogen and oxygen atoms in total. The summed E-state index contributed by atoms with van der Waals surface area (Å²) in [6.07, 6.45) is 0.452. The number of thioether (sulfide) groups is 1. The van der Waals surface area contributed by atoms with Crippen LogP contribution in [0.15, 0.2) is 47.4 Å². The number of nitrogens with zero attached hydrogens (tertiary/aromatic N) is 1. The predicted molar refractivity (Wildman–Crippen MR) is 107 cm³/mol. The zero-order valence-electron chi connectivity index (χ0n) is 15.0. The molecule has 2 aromatic rings. The Balaban J connectivity index is 1.47. The third-order valence-electron chi connectivity index (χ3n) is 4.40. The van der Waals surface area contributed by atoms with Crippen LogP contribution in [0.1, 0.15) is 17.5 Å². The van der Waals surface area contributed by atoms with Crippen molar-refractivity contribution in [1.29, 1.82) is 0 Å². The molecular weight excluding hydrogens is 346 g/mol. The molecule has 26 heavy (non-hydrogen) atoms. The Bertz CT molecular complexity index is 805. The van der Waals surface area contributed by atoms with Gasteiger partial charge in [0.2, 0.25) is 5.91 Å². The lowest BCUT2D eigenvalue weighted by Crippen LogP contribution is -2.27. The maximum absolute atomic E-state index is 12.1. The molecule has 1 aliphatic rings. The van der Waals surface area contributed by atoms with Gasteiger partial charge in [0.25, 0.3) is 0 Å². The molecule has 0 aromatic heterocycles. The summed E-state index contributed by atoms with van der Waals surface area (Å²) >= 11 is 1.69. The van der Waals surface area contributed by atoms with E-state index < -0.39 is 0 Å². The minimum Gasteiger partial charge on any atom is -0.336 e. The number of urea groups is 1. The molecule has 3 rings (SSSR count). The Morgan fingerprint density at radius 2 is 1.92 bits per heavy atom. The average molecular weight is 369 g/mol. The standard InChI is InChI=1S/C20H23N3O2S/c1-14-3-8-18(13-15(14)2)26-12-9-19(24)22-16-4-6-17(7-5-16)23-11-10-21-20(23)25/h3-8,13H,9-12H2,1-2H3,(H,21,25)(H,22,24). The van der Waals surface area contributed by atoms with Gasteiger partial charge in [-0.1, -0.05) is 6.07 Å². The largest absolute Gasteiger partial charge is 0.336 e. The second kappa shape index (κ2) is 8.27. The van der Waals surface area contributed by atoms with Crippen molar-refractivity contribution >= 4 is 35.1 Å². The van der Waals surface area contributed by atoms with E-state index in [1.165, 1.54) is 16.0 Å². The molecule has 0 saturated carbocycles. The molecule has 0 spiro atoms. The van der Waals surface area contributed by atoms with Crippen molar-refractivity contribution in [2.75, 3.05) is 29.1 Å². The monoisotopic (exact) mass is 369 g/mol. The van der Waals surface area contributed by atoms with Crippen molar-refractivity contribution in [3.63, 3.8) is 0 Å². The molecule has 0 radical (unpaired) electrons. The molecule has 0 unspecified atom stereocenters. The van der Waals surface area contributed by atoms with Gasteiger partial charge in [-0.3, -0.25) is 9.69 Å². The van der Waals surface area contributed by atoms with Crippen molar-refractivity contribution < 1.29 is 9.59 Å². The Hall–Kier alpha value is -2.47. The first-order chi connectivity index (χ1) is 12.5. The normalized spacial score (nSPS) is 13.6. The SMILES string of the molecule is Cc1ccc(SCCC(=O)Nc2ccc(N3CCNC3=O)cc2)cc1C. The van der Waals surface area contributed by atoms with Crippen molar-refractivity contribution in [2.24, 2.45) is 0 Å². The quantitative estimate of drug-likeness (QED) is 0.758. The molecular formula is C20H23N3O2S. The van der Waals surface area contributed by atoms with Gasteiger partial charge >= 0.3 is 6.03 Å². The third kappa shape index (κ3) is 4.58. The number of nitrogens with one attached hydrogen (secondary N) is 2. The van der Waals surface area contributed by atoms with E-state index in [0.717, 1.165) is 17.1 Å². The van der Waals surface area contributed by atoms with Gasteiger partial charge in [0.15, 0.2) is 0 Å². The second-order valence-electron chi connectivity index (χ2n) is 6.32. The van der Waals surface area contributed by atoms with E-state index in [2.05, 4.69) is 42.7 Å². The van der Waals surface area contributed by atoms with Gasteiger partial charge in [0.1, 0.15) is 0 Å². The van der Waals surface area contributed by atoms with Crippen molar-refractivity contribution in [1.82, 2.24) is 5.32 Å². The van der Waals surface area contributed by atoms with E-state index in [9.17, 15) is 9.59 Å². The van der Waals surface area contributed by atoms with Crippen LogP contribution in [0.2, 0.25) is 0 Å². The minimum absolute atomic E-state index is 0.00648. The number of anilines is 2. The number of hydrogen-bond donors (Lipinski definition) is 2. The van der Waals surface area contributed by atoms with Gasteiger partial charge in [0, 0.05) is 41.5 Å². The van der Waals surface area contributed by atoms with Gasteiger partial charge < -0.3 is 10.6 Å². The number of amides is 3. The lowest BCUT2D eigenvalue weighted by atomic mass is 10.1. The lowest BCUT2D eigenvalue weighted by Gasteiger charge is -2.14.